The Morgan fingerprint density at radius 1 is 1.48 bits per heavy atom. The number of hydrogen-bond donors (Lipinski definition) is 2. The van der Waals surface area contributed by atoms with Crippen LogP contribution in [0.15, 0.2) is 6.33 Å². The molecule has 7 heteroatoms. The summed E-state index contributed by atoms with van der Waals surface area (Å²) in [5.41, 5.74) is 2.64. The number of nitrogens with zero attached hydrogens (tertiary/aromatic N) is 3. The fourth-order valence-electron chi connectivity index (χ4n) is 3.03. The van der Waals surface area contributed by atoms with Gasteiger partial charge in [-0.2, -0.15) is 5.10 Å². The Bertz CT molecular complexity index is 423. The van der Waals surface area contributed by atoms with E-state index in [4.69, 9.17) is 15.3 Å². The maximum Gasteiger partial charge on any atom is 0.138 e. The van der Waals surface area contributed by atoms with Crippen LogP contribution in [0.1, 0.15) is 45.5 Å². The molecule has 21 heavy (non-hydrogen) atoms. The number of hydrazine groups is 1. The van der Waals surface area contributed by atoms with Gasteiger partial charge in [-0.05, 0) is 20.8 Å². The first-order valence-electron chi connectivity index (χ1n) is 7.69. The highest BCUT2D eigenvalue weighted by Gasteiger charge is 2.41. The summed E-state index contributed by atoms with van der Waals surface area (Å²) in [4.78, 5) is 4.38. The van der Waals surface area contributed by atoms with E-state index in [-0.39, 0.29) is 17.7 Å². The molecule has 1 unspecified atom stereocenters. The van der Waals surface area contributed by atoms with Crippen molar-refractivity contribution in [3.63, 3.8) is 0 Å². The molecule has 1 atom stereocenters. The first-order valence-corrected chi connectivity index (χ1v) is 7.69. The largest absolute Gasteiger partial charge is 0.381 e. The molecule has 1 aromatic heterocycles. The summed E-state index contributed by atoms with van der Waals surface area (Å²) >= 11 is 0. The van der Waals surface area contributed by atoms with Crippen LogP contribution in [-0.4, -0.2) is 46.2 Å². The molecule has 0 aromatic carbocycles. The molecule has 3 N–H and O–H groups in total. The highest BCUT2D eigenvalue weighted by Crippen LogP contribution is 2.30. The Kier molecular flexibility index (Phi) is 5.69. The Morgan fingerprint density at radius 2 is 2.19 bits per heavy atom. The Balaban J connectivity index is 2.18. The number of hydrogen-bond acceptors (Lipinski definition) is 6. The normalized spacial score (nSPS) is 19.9. The summed E-state index contributed by atoms with van der Waals surface area (Å²) in [5.74, 6) is 6.76. The molecule has 0 bridgehead atoms. The summed E-state index contributed by atoms with van der Waals surface area (Å²) < 4.78 is 13.5. The Labute approximate surface area is 126 Å². The minimum absolute atomic E-state index is 0.0111. The maximum absolute atomic E-state index is 6.09. The van der Waals surface area contributed by atoms with E-state index >= 15 is 0 Å². The van der Waals surface area contributed by atoms with Crippen molar-refractivity contribution in [2.75, 3.05) is 19.8 Å². The van der Waals surface area contributed by atoms with Crippen LogP contribution in [0, 0.1) is 0 Å². The van der Waals surface area contributed by atoms with Crippen LogP contribution < -0.4 is 11.3 Å². The second kappa shape index (κ2) is 7.31. The highest BCUT2D eigenvalue weighted by molar-refractivity contribution is 5.01. The summed E-state index contributed by atoms with van der Waals surface area (Å²) in [7, 11) is 0. The monoisotopic (exact) mass is 297 g/mol. The summed E-state index contributed by atoms with van der Waals surface area (Å²) in [5, 5.41) is 4.29. The highest BCUT2D eigenvalue weighted by atomic mass is 16.5. The zero-order valence-corrected chi connectivity index (χ0v) is 13.2. The predicted octanol–water partition coefficient (Wildman–Crippen LogP) is 0.819. The van der Waals surface area contributed by atoms with Crippen LogP contribution in [0.2, 0.25) is 0 Å². The zero-order valence-electron chi connectivity index (χ0n) is 13.2. The fourth-order valence-corrected chi connectivity index (χ4v) is 3.03. The van der Waals surface area contributed by atoms with Gasteiger partial charge in [0.25, 0.3) is 0 Å². The van der Waals surface area contributed by atoms with E-state index in [2.05, 4.69) is 29.4 Å². The number of ether oxygens (including phenoxy) is 2. The molecule has 0 radical (unpaired) electrons. The van der Waals surface area contributed by atoms with Gasteiger partial charge < -0.3 is 9.47 Å². The molecule has 0 spiro atoms. The van der Waals surface area contributed by atoms with Gasteiger partial charge in [0.15, 0.2) is 0 Å². The average Bonchev–Trinajstić information content (AvgIpc) is 2.94. The third kappa shape index (κ3) is 3.60. The summed E-state index contributed by atoms with van der Waals surface area (Å²) in [6.45, 7) is 8.27. The predicted molar refractivity (Wildman–Crippen MR) is 79.6 cm³/mol. The average molecular weight is 297 g/mol. The summed E-state index contributed by atoms with van der Waals surface area (Å²) in [6.07, 6.45) is 3.96. The first-order chi connectivity index (χ1) is 10.1. The van der Waals surface area contributed by atoms with Gasteiger partial charge >= 0.3 is 0 Å². The minimum Gasteiger partial charge on any atom is -0.381 e. The van der Waals surface area contributed by atoms with Gasteiger partial charge in [0, 0.05) is 45.1 Å². The van der Waals surface area contributed by atoms with Crippen molar-refractivity contribution in [1.82, 2.24) is 20.2 Å². The summed E-state index contributed by atoms with van der Waals surface area (Å²) in [6, 6.07) is 0.265. The van der Waals surface area contributed by atoms with E-state index in [1.165, 1.54) is 0 Å². The van der Waals surface area contributed by atoms with Crippen molar-refractivity contribution < 1.29 is 9.47 Å². The second-order valence-corrected chi connectivity index (χ2v) is 5.75. The third-order valence-electron chi connectivity index (χ3n) is 4.13. The van der Waals surface area contributed by atoms with Gasteiger partial charge in [-0.1, -0.05) is 0 Å². The van der Waals surface area contributed by atoms with Gasteiger partial charge in [0.1, 0.15) is 12.2 Å². The van der Waals surface area contributed by atoms with E-state index in [1.807, 2.05) is 11.6 Å². The van der Waals surface area contributed by atoms with Crippen LogP contribution in [-0.2, 0) is 15.9 Å². The maximum atomic E-state index is 6.09. The number of rotatable bonds is 7. The van der Waals surface area contributed by atoms with Crippen molar-refractivity contribution in [2.45, 2.75) is 57.7 Å². The van der Waals surface area contributed by atoms with Gasteiger partial charge in [-0.3, -0.25) is 11.3 Å². The van der Waals surface area contributed by atoms with Crippen LogP contribution in [0.3, 0.4) is 0 Å². The number of nitrogens with one attached hydrogen (secondary N) is 1. The lowest BCUT2D eigenvalue weighted by molar-refractivity contribution is -0.127. The molecule has 0 amide bonds. The molecule has 0 saturated carbocycles. The second-order valence-electron chi connectivity index (χ2n) is 5.75. The lowest BCUT2D eigenvalue weighted by atomic mass is 9.84. The van der Waals surface area contributed by atoms with Crippen molar-refractivity contribution in [3.8, 4) is 0 Å². The molecule has 2 heterocycles. The topological polar surface area (TPSA) is 87.2 Å². The van der Waals surface area contributed by atoms with Crippen LogP contribution in [0.25, 0.3) is 0 Å². The van der Waals surface area contributed by atoms with Gasteiger partial charge in [-0.25, -0.2) is 9.67 Å². The lowest BCUT2D eigenvalue weighted by Crippen LogP contribution is -2.58. The van der Waals surface area contributed by atoms with Gasteiger partial charge in [-0.15, -0.1) is 0 Å². The number of aromatic nitrogens is 3. The van der Waals surface area contributed by atoms with Crippen LogP contribution in [0.4, 0.5) is 0 Å². The molecule has 1 aliphatic heterocycles. The van der Waals surface area contributed by atoms with Crippen molar-refractivity contribution in [1.29, 1.82) is 0 Å². The smallest absolute Gasteiger partial charge is 0.138 e. The molecule has 1 saturated heterocycles. The van der Waals surface area contributed by atoms with E-state index in [0.29, 0.717) is 26.2 Å². The molecule has 1 aliphatic rings. The SMILES string of the molecule is CCOC1(C(Cc2ncnn2C(C)C)NN)CCOCC1. The quantitative estimate of drug-likeness (QED) is 0.572. The van der Waals surface area contributed by atoms with Crippen molar-refractivity contribution in [3.05, 3.63) is 12.2 Å². The molecule has 7 nitrogen and oxygen atoms in total. The molecule has 0 aliphatic carbocycles. The van der Waals surface area contributed by atoms with Crippen LogP contribution >= 0.6 is 0 Å². The fraction of sp³-hybridized carbons (Fsp3) is 0.857. The van der Waals surface area contributed by atoms with Crippen molar-refractivity contribution >= 4 is 0 Å². The van der Waals surface area contributed by atoms with Gasteiger partial charge in [0.05, 0.1) is 11.6 Å². The van der Waals surface area contributed by atoms with E-state index in [9.17, 15) is 0 Å². The molecule has 1 fully saturated rings. The molecular weight excluding hydrogens is 270 g/mol. The van der Waals surface area contributed by atoms with Crippen molar-refractivity contribution in [2.24, 2.45) is 5.84 Å². The first kappa shape index (κ1) is 16.4. The molecule has 120 valence electrons. The third-order valence-corrected chi connectivity index (χ3v) is 4.13. The van der Waals surface area contributed by atoms with E-state index in [0.717, 1.165) is 18.7 Å². The zero-order chi connectivity index (χ0) is 15.3. The Hall–Kier alpha value is -1.02. The van der Waals surface area contributed by atoms with Crippen LogP contribution in [0.5, 0.6) is 0 Å². The lowest BCUT2D eigenvalue weighted by Gasteiger charge is -2.42. The number of nitrogens with two attached hydrogens (primary N) is 1. The van der Waals surface area contributed by atoms with Gasteiger partial charge in [0.2, 0.25) is 0 Å². The standard InChI is InChI=1S/C14H27N5O2/c1-4-21-14(5-7-20-8-6-14)12(18-15)9-13-16-10-17-19(13)11(2)3/h10-12,18H,4-9,15H2,1-3H3. The van der Waals surface area contributed by atoms with E-state index < -0.39 is 0 Å². The molecular formula is C14H27N5O2. The van der Waals surface area contributed by atoms with E-state index in [1.54, 1.807) is 6.33 Å². The minimum atomic E-state index is -0.296. The molecule has 1 aromatic rings. The Morgan fingerprint density at radius 3 is 2.76 bits per heavy atom. The molecule has 2 rings (SSSR count).